The van der Waals surface area contributed by atoms with Crippen LogP contribution >= 0.6 is 15.9 Å². The van der Waals surface area contributed by atoms with Crippen LogP contribution < -0.4 is 0 Å². The Morgan fingerprint density at radius 1 is 0.808 bits per heavy atom. The van der Waals surface area contributed by atoms with Crippen molar-refractivity contribution < 1.29 is 0 Å². The van der Waals surface area contributed by atoms with Crippen LogP contribution in [0.2, 0.25) is 0 Å². The molecule has 0 aromatic heterocycles. The summed E-state index contributed by atoms with van der Waals surface area (Å²) in [5, 5.41) is 0. The number of hydrogen-bond acceptors (Lipinski definition) is 0. The van der Waals surface area contributed by atoms with Crippen LogP contribution in [0.5, 0.6) is 0 Å². The first-order valence-electron chi connectivity index (χ1n) is 9.54. The summed E-state index contributed by atoms with van der Waals surface area (Å²) in [6, 6.07) is 20.4. The summed E-state index contributed by atoms with van der Waals surface area (Å²) in [6.07, 6.45) is 2.12. The molecule has 0 amide bonds. The quantitative estimate of drug-likeness (QED) is 0.422. The Morgan fingerprint density at radius 2 is 1.50 bits per heavy atom. The average molecular weight is 405 g/mol. The van der Waals surface area contributed by atoms with E-state index in [1.165, 1.54) is 49.0 Å². The van der Waals surface area contributed by atoms with Crippen LogP contribution in [0.25, 0.3) is 22.3 Å². The van der Waals surface area contributed by atoms with Gasteiger partial charge in [-0.3, -0.25) is 0 Å². The molecule has 3 aromatic rings. The third-order valence-corrected chi connectivity index (χ3v) is 6.65. The van der Waals surface area contributed by atoms with Gasteiger partial charge in [0.2, 0.25) is 0 Å². The summed E-state index contributed by atoms with van der Waals surface area (Å²) in [4.78, 5) is 0. The Bertz CT molecular complexity index is 995. The molecule has 1 aliphatic rings. The first-order chi connectivity index (χ1) is 12.5. The molecule has 0 aliphatic heterocycles. The van der Waals surface area contributed by atoms with Crippen LogP contribution in [0.15, 0.2) is 59.1 Å². The molecule has 0 nitrogen and oxygen atoms in total. The monoisotopic (exact) mass is 404 g/mol. The lowest BCUT2D eigenvalue weighted by molar-refractivity contribution is 0.660. The van der Waals surface area contributed by atoms with Gasteiger partial charge < -0.3 is 0 Å². The third kappa shape index (κ3) is 2.48. The molecule has 0 spiro atoms. The van der Waals surface area contributed by atoms with Crippen LogP contribution in [0, 0.1) is 0 Å². The molecule has 3 aromatic carbocycles. The van der Waals surface area contributed by atoms with Crippen LogP contribution in [0.3, 0.4) is 0 Å². The molecular formula is C25H25Br. The molecule has 0 N–H and O–H groups in total. The molecule has 0 unspecified atom stereocenters. The molecule has 0 bridgehead atoms. The molecule has 0 heterocycles. The fourth-order valence-electron chi connectivity index (χ4n) is 4.56. The fraction of sp³-hybridized carbons (Fsp3) is 0.280. The van der Waals surface area contributed by atoms with Crippen molar-refractivity contribution >= 4 is 15.9 Å². The van der Waals surface area contributed by atoms with Gasteiger partial charge in [-0.05, 0) is 63.4 Å². The molecule has 132 valence electrons. The van der Waals surface area contributed by atoms with Crippen molar-refractivity contribution in [2.24, 2.45) is 0 Å². The predicted molar refractivity (Wildman–Crippen MR) is 116 cm³/mol. The smallest absolute Gasteiger partial charge is 0.0216 e. The van der Waals surface area contributed by atoms with Crippen LogP contribution in [0.4, 0.5) is 0 Å². The Morgan fingerprint density at radius 3 is 2.23 bits per heavy atom. The minimum absolute atomic E-state index is 0.0517. The molecular weight excluding hydrogens is 380 g/mol. The van der Waals surface area contributed by atoms with Crippen molar-refractivity contribution in [2.45, 2.75) is 46.0 Å². The number of benzene rings is 3. The minimum Gasteiger partial charge on any atom is -0.0619 e. The number of fused-ring (bicyclic) bond motifs is 3. The maximum absolute atomic E-state index is 3.83. The number of rotatable bonds is 3. The average Bonchev–Trinajstić information content (AvgIpc) is 2.89. The predicted octanol–water partition coefficient (Wildman–Crippen LogP) is 7.55. The number of aryl methyl sites for hydroxylation is 1. The lowest BCUT2D eigenvalue weighted by Gasteiger charge is -2.21. The van der Waals surface area contributed by atoms with E-state index in [2.05, 4.69) is 98.2 Å². The Kier molecular flexibility index (Phi) is 4.31. The van der Waals surface area contributed by atoms with Gasteiger partial charge in [-0.25, -0.2) is 0 Å². The van der Waals surface area contributed by atoms with Gasteiger partial charge in [-0.1, -0.05) is 92.2 Å². The van der Waals surface area contributed by atoms with Crippen molar-refractivity contribution in [3.05, 3.63) is 81.3 Å². The van der Waals surface area contributed by atoms with Gasteiger partial charge in [-0.2, -0.15) is 0 Å². The topological polar surface area (TPSA) is 0 Å². The van der Waals surface area contributed by atoms with Crippen molar-refractivity contribution in [3.63, 3.8) is 0 Å². The van der Waals surface area contributed by atoms with Crippen LogP contribution in [-0.4, -0.2) is 0 Å². The Balaban J connectivity index is 2.01. The summed E-state index contributed by atoms with van der Waals surface area (Å²) in [6.45, 7) is 9.17. The van der Waals surface area contributed by atoms with Crippen molar-refractivity contribution in [2.75, 3.05) is 0 Å². The van der Waals surface area contributed by atoms with E-state index >= 15 is 0 Å². The Labute approximate surface area is 165 Å². The molecule has 0 radical (unpaired) electrons. The minimum atomic E-state index is 0.0517. The summed E-state index contributed by atoms with van der Waals surface area (Å²) in [5.41, 5.74) is 11.3. The maximum Gasteiger partial charge on any atom is 0.0216 e. The summed E-state index contributed by atoms with van der Waals surface area (Å²) in [7, 11) is 0. The molecule has 1 aliphatic carbocycles. The van der Waals surface area contributed by atoms with E-state index in [0.717, 1.165) is 12.8 Å². The zero-order valence-electron chi connectivity index (χ0n) is 16.0. The lowest BCUT2D eigenvalue weighted by atomic mass is 9.82. The molecule has 26 heavy (non-hydrogen) atoms. The molecule has 0 fully saturated rings. The zero-order valence-corrected chi connectivity index (χ0v) is 17.6. The fourth-order valence-corrected chi connectivity index (χ4v) is 5.34. The van der Waals surface area contributed by atoms with Gasteiger partial charge in [0, 0.05) is 9.89 Å². The zero-order chi connectivity index (χ0) is 18.5. The highest BCUT2D eigenvalue weighted by atomic mass is 79.9. The molecule has 0 saturated carbocycles. The molecule has 0 atom stereocenters. The van der Waals surface area contributed by atoms with Gasteiger partial charge in [-0.15, -0.1) is 0 Å². The highest BCUT2D eigenvalue weighted by molar-refractivity contribution is 9.10. The lowest BCUT2D eigenvalue weighted by Crippen LogP contribution is -2.14. The van der Waals surface area contributed by atoms with Crippen molar-refractivity contribution in [1.29, 1.82) is 0 Å². The van der Waals surface area contributed by atoms with Crippen molar-refractivity contribution in [1.82, 2.24) is 0 Å². The van der Waals surface area contributed by atoms with E-state index in [-0.39, 0.29) is 5.41 Å². The van der Waals surface area contributed by atoms with E-state index in [0.29, 0.717) is 0 Å². The van der Waals surface area contributed by atoms with Gasteiger partial charge >= 0.3 is 0 Å². The van der Waals surface area contributed by atoms with Crippen LogP contribution in [0.1, 0.15) is 49.9 Å². The second-order valence-electron chi connectivity index (χ2n) is 7.70. The largest absolute Gasteiger partial charge is 0.0619 e. The molecule has 0 saturated heterocycles. The summed E-state index contributed by atoms with van der Waals surface area (Å²) >= 11 is 3.83. The summed E-state index contributed by atoms with van der Waals surface area (Å²) < 4.78 is 1.23. The van der Waals surface area contributed by atoms with Gasteiger partial charge in [0.1, 0.15) is 0 Å². The van der Waals surface area contributed by atoms with Gasteiger partial charge in [0.05, 0.1) is 0 Å². The highest BCUT2D eigenvalue weighted by Crippen LogP contribution is 2.52. The first kappa shape index (κ1) is 17.5. The second-order valence-corrected chi connectivity index (χ2v) is 8.56. The number of hydrogen-bond donors (Lipinski definition) is 0. The number of halogens is 1. The van der Waals surface area contributed by atoms with E-state index < -0.39 is 0 Å². The van der Waals surface area contributed by atoms with Gasteiger partial charge in [0.25, 0.3) is 0 Å². The van der Waals surface area contributed by atoms with E-state index in [9.17, 15) is 0 Å². The van der Waals surface area contributed by atoms with E-state index in [1.807, 2.05) is 0 Å². The van der Waals surface area contributed by atoms with Crippen LogP contribution in [-0.2, 0) is 18.3 Å². The maximum atomic E-state index is 3.83. The highest BCUT2D eigenvalue weighted by Gasteiger charge is 2.36. The normalized spacial score (nSPS) is 14.2. The van der Waals surface area contributed by atoms with E-state index in [4.69, 9.17) is 0 Å². The second kappa shape index (κ2) is 6.39. The SMILES string of the molecule is CCc1cc(-c2cccc3c2-c2ccccc2C3(C)C)cc(Br)c1CC. The third-order valence-electron chi connectivity index (χ3n) is 5.94. The van der Waals surface area contributed by atoms with E-state index in [1.54, 1.807) is 0 Å². The molecule has 1 heteroatoms. The summed E-state index contributed by atoms with van der Waals surface area (Å²) in [5.74, 6) is 0. The molecule has 4 rings (SSSR count). The standard InChI is InChI=1S/C25H25Br/c1-5-16-14-17(15-23(26)18(16)6-2)19-11-9-13-22-24(19)20-10-7-8-12-21(20)25(22,3)4/h7-15H,5-6H2,1-4H3. The first-order valence-corrected chi connectivity index (χ1v) is 10.3. The Hall–Kier alpha value is -1.86. The van der Waals surface area contributed by atoms with Gasteiger partial charge in [0.15, 0.2) is 0 Å². The van der Waals surface area contributed by atoms with Crippen molar-refractivity contribution in [3.8, 4) is 22.3 Å².